The SMILES string of the molecule is CC1=NCCc2c1[nH]c1cc(O)ccc21.CC1=NCCc2c1[nH]c1cc(O)ccc21.Cl.O.O. The number of rotatable bonds is 0. The van der Waals surface area contributed by atoms with Crippen LogP contribution in [0, 0.1) is 0 Å². The van der Waals surface area contributed by atoms with Crippen LogP contribution in [0.15, 0.2) is 46.4 Å². The Kier molecular flexibility index (Phi) is 7.92. The van der Waals surface area contributed by atoms with Crippen molar-refractivity contribution in [3.05, 3.63) is 58.9 Å². The van der Waals surface area contributed by atoms with E-state index >= 15 is 0 Å². The third-order valence-corrected chi connectivity index (χ3v) is 5.92. The smallest absolute Gasteiger partial charge is 0.117 e. The molecule has 0 amide bonds. The zero-order chi connectivity index (χ0) is 20.8. The first-order chi connectivity index (χ1) is 14.5. The molecular weight excluding hydrogens is 444 g/mol. The lowest BCUT2D eigenvalue weighted by molar-refractivity contribution is 0.475. The molecular formula is C24H29ClN4O4. The molecule has 33 heavy (non-hydrogen) atoms. The summed E-state index contributed by atoms with van der Waals surface area (Å²) in [5.74, 6) is 0.603. The molecule has 8 N–H and O–H groups in total. The van der Waals surface area contributed by atoms with Gasteiger partial charge in [0.05, 0.1) is 22.8 Å². The largest absolute Gasteiger partial charge is 0.508 e. The van der Waals surface area contributed by atoms with Gasteiger partial charge in [0, 0.05) is 47.0 Å². The standard InChI is InChI=1S/2C12H12N2O.ClH.2H2O/c2*1-7-12-10(4-5-13-7)9-3-2-8(15)6-11(9)14-12;;;/h2*2-3,6,14-15H,4-5H2,1H3;1H;2*1H2. The number of fused-ring (bicyclic) bond motifs is 6. The second kappa shape index (κ2) is 10.1. The first-order valence-corrected chi connectivity index (χ1v) is 10.2. The van der Waals surface area contributed by atoms with E-state index in [0.29, 0.717) is 11.5 Å². The summed E-state index contributed by atoms with van der Waals surface area (Å²) >= 11 is 0. The highest BCUT2D eigenvalue weighted by atomic mass is 35.5. The Morgan fingerprint density at radius 1 is 0.697 bits per heavy atom. The van der Waals surface area contributed by atoms with Crippen LogP contribution >= 0.6 is 12.4 Å². The zero-order valence-electron chi connectivity index (χ0n) is 18.5. The van der Waals surface area contributed by atoms with E-state index < -0.39 is 0 Å². The van der Waals surface area contributed by atoms with Crippen LogP contribution in [-0.2, 0) is 12.8 Å². The Labute approximate surface area is 197 Å². The molecule has 176 valence electrons. The summed E-state index contributed by atoms with van der Waals surface area (Å²) in [6.45, 7) is 5.78. The number of phenolic OH excluding ortho intramolecular Hbond substituents is 2. The fraction of sp³-hybridized carbons (Fsp3) is 0.250. The number of benzene rings is 2. The highest BCUT2D eigenvalue weighted by Gasteiger charge is 2.17. The topological polar surface area (TPSA) is 160 Å². The number of aromatic amines is 2. The van der Waals surface area contributed by atoms with Gasteiger partial charge in [0.15, 0.2) is 0 Å². The van der Waals surface area contributed by atoms with Crippen molar-refractivity contribution in [2.75, 3.05) is 13.1 Å². The van der Waals surface area contributed by atoms with E-state index in [2.05, 4.69) is 20.0 Å². The van der Waals surface area contributed by atoms with Crippen LogP contribution in [0.5, 0.6) is 11.5 Å². The molecule has 2 aromatic heterocycles. The van der Waals surface area contributed by atoms with E-state index in [1.807, 2.05) is 26.0 Å². The highest BCUT2D eigenvalue weighted by molar-refractivity contribution is 6.05. The maximum Gasteiger partial charge on any atom is 0.117 e. The van der Waals surface area contributed by atoms with E-state index in [4.69, 9.17) is 0 Å². The minimum atomic E-state index is 0. The summed E-state index contributed by atoms with van der Waals surface area (Å²) in [4.78, 5) is 15.5. The zero-order valence-corrected chi connectivity index (χ0v) is 19.3. The maximum atomic E-state index is 9.41. The number of hydrogen-bond acceptors (Lipinski definition) is 4. The van der Waals surface area contributed by atoms with Crippen LogP contribution in [0.3, 0.4) is 0 Å². The molecule has 0 bridgehead atoms. The molecule has 2 aliphatic rings. The number of halogens is 1. The summed E-state index contributed by atoms with van der Waals surface area (Å²) in [5.41, 5.74) is 9.03. The lowest BCUT2D eigenvalue weighted by atomic mass is 10.0. The minimum Gasteiger partial charge on any atom is -0.508 e. The van der Waals surface area contributed by atoms with E-state index in [9.17, 15) is 10.2 Å². The second-order valence-corrected chi connectivity index (χ2v) is 7.85. The first-order valence-electron chi connectivity index (χ1n) is 10.2. The van der Waals surface area contributed by atoms with Crippen LogP contribution in [0.1, 0.15) is 36.4 Å². The van der Waals surface area contributed by atoms with Crippen molar-refractivity contribution in [2.45, 2.75) is 26.7 Å². The monoisotopic (exact) mass is 472 g/mol. The average molecular weight is 473 g/mol. The van der Waals surface area contributed by atoms with Gasteiger partial charge >= 0.3 is 0 Å². The van der Waals surface area contributed by atoms with E-state index in [1.165, 1.54) is 21.9 Å². The predicted molar refractivity (Wildman–Crippen MR) is 136 cm³/mol. The Morgan fingerprint density at radius 3 is 1.48 bits per heavy atom. The van der Waals surface area contributed by atoms with Crippen molar-refractivity contribution >= 4 is 45.6 Å². The summed E-state index contributed by atoms with van der Waals surface area (Å²) < 4.78 is 0. The van der Waals surface area contributed by atoms with Gasteiger partial charge in [-0.1, -0.05) is 0 Å². The quantitative estimate of drug-likeness (QED) is 0.309. The van der Waals surface area contributed by atoms with Crippen molar-refractivity contribution in [3.63, 3.8) is 0 Å². The highest BCUT2D eigenvalue weighted by Crippen LogP contribution is 2.29. The van der Waals surface area contributed by atoms with Gasteiger partial charge in [0.1, 0.15) is 11.5 Å². The number of nitrogens with zero attached hydrogens (tertiary/aromatic N) is 2. The van der Waals surface area contributed by atoms with Crippen molar-refractivity contribution in [3.8, 4) is 11.5 Å². The van der Waals surface area contributed by atoms with E-state index in [1.54, 1.807) is 24.3 Å². The van der Waals surface area contributed by atoms with Crippen molar-refractivity contribution < 1.29 is 21.2 Å². The Hall–Kier alpha value is -3.33. The van der Waals surface area contributed by atoms with Crippen LogP contribution in [-0.4, -0.2) is 55.6 Å². The number of H-pyrrole nitrogens is 2. The molecule has 0 atom stereocenters. The summed E-state index contributed by atoms with van der Waals surface area (Å²) in [6.07, 6.45) is 1.97. The molecule has 4 aromatic rings. The fourth-order valence-electron chi connectivity index (χ4n) is 4.45. The molecule has 8 nitrogen and oxygen atoms in total. The van der Waals surface area contributed by atoms with Crippen molar-refractivity contribution in [1.82, 2.24) is 9.97 Å². The molecule has 0 radical (unpaired) electrons. The van der Waals surface area contributed by atoms with Gasteiger partial charge in [-0.05, 0) is 62.1 Å². The molecule has 6 rings (SSSR count). The number of aliphatic imine (C=N–C) groups is 2. The summed E-state index contributed by atoms with van der Waals surface area (Å²) in [6, 6.07) is 10.9. The van der Waals surface area contributed by atoms with Crippen LogP contribution < -0.4 is 0 Å². The van der Waals surface area contributed by atoms with Crippen molar-refractivity contribution in [2.24, 2.45) is 9.98 Å². The van der Waals surface area contributed by atoms with E-state index in [-0.39, 0.29) is 23.4 Å². The first kappa shape index (κ1) is 25.9. The molecule has 0 fully saturated rings. The number of aromatic hydroxyl groups is 2. The van der Waals surface area contributed by atoms with Gasteiger partial charge < -0.3 is 31.1 Å². The van der Waals surface area contributed by atoms with Gasteiger partial charge in [-0.25, -0.2) is 0 Å². The Balaban J connectivity index is 0.000000214. The normalized spacial score (nSPS) is 13.8. The number of hydrogen-bond donors (Lipinski definition) is 4. The Morgan fingerprint density at radius 2 is 1.09 bits per heavy atom. The number of aromatic nitrogens is 2. The lowest BCUT2D eigenvalue weighted by Gasteiger charge is -2.08. The van der Waals surface area contributed by atoms with Gasteiger partial charge in [0.2, 0.25) is 0 Å². The van der Waals surface area contributed by atoms with Crippen LogP contribution in [0.2, 0.25) is 0 Å². The van der Waals surface area contributed by atoms with Crippen molar-refractivity contribution in [1.29, 1.82) is 0 Å². The minimum absolute atomic E-state index is 0. The average Bonchev–Trinajstić information content (AvgIpc) is 3.28. The van der Waals surface area contributed by atoms with Gasteiger partial charge in [-0.2, -0.15) is 0 Å². The maximum absolute atomic E-state index is 9.41. The van der Waals surface area contributed by atoms with Gasteiger partial charge in [-0.15, -0.1) is 12.4 Å². The molecule has 2 aromatic carbocycles. The van der Waals surface area contributed by atoms with E-state index in [0.717, 1.165) is 59.8 Å². The third-order valence-electron chi connectivity index (χ3n) is 5.92. The lowest BCUT2D eigenvalue weighted by Crippen LogP contribution is -2.08. The molecule has 0 unspecified atom stereocenters. The molecule has 0 aliphatic carbocycles. The van der Waals surface area contributed by atoms with Crippen LogP contribution in [0.4, 0.5) is 0 Å². The predicted octanol–water partition coefficient (Wildman–Crippen LogP) is 3.25. The van der Waals surface area contributed by atoms with Gasteiger partial charge in [0.25, 0.3) is 0 Å². The van der Waals surface area contributed by atoms with Gasteiger partial charge in [-0.3, -0.25) is 9.98 Å². The molecule has 0 saturated heterocycles. The fourth-order valence-corrected chi connectivity index (χ4v) is 4.45. The number of phenols is 2. The Bertz CT molecular complexity index is 1250. The molecule has 2 aliphatic heterocycles. The molecule has 0 spiro atoms. The summed E-state index contributed by atoms with van der Waals surface area (Å²) in [5, 5.41) is 21.2. The molecule has 9 heteroatoms. The molecule has 0 saturated carbocycles. The summed E-state index contributed by atoms with van der Waals surface area (Å²) in [7, 11) is 0. The second-order valence-electron chi connectivity index (χ2n) is 7.85. The third kappa shape index (κ3) is 4.59. The molecule has 4 heterocycles. The number of nitrogens with one attached hydrogen (secondary N) is 2. The van der Waals surface area contributed by atoms with Crippen LogP contribution in [0.25, 0.3) is 21.8 Å².